The highest BCUT2D eigenvalue weighted by Gasteiger charge is 2.12. The molecule has 0 unspecified atom stereocenters. The summed E-state index contributed by atoms with van der Waals surface area (Å²) in [6, 6.07) is 8.72. The Kier molecular flexibility index (Phi) is 7.65. The van der Waals surface area contributed by atoms with E-state index < -0.39 is 0 Å². The van der Waals surface area contributed by atoms with Gasteiger partial charge in [-0.05, 0) is 12.1 Å². The second kappa shape index (κ2) is 7.09. The van der Waals surface area contributed by atoms with Crippen LogP contribution in [0.2, 0.25) is 0 Å². The molecule has 4 nitrogen and oxygen atoms in total. The van der Waals surface area contributed by atoms with Crippen LogP contribution in [0, 0.1) is 5.41 Å². The van der Waals surface area contributed by atoms with E-state index in [4.69, 9.17) is 11.1 Å². The van der Waals surface area contributed by atoms with E-state index in [-0.39, 0.29) is 36.7 Å². The van der Waals surface area contributed by atoms with Crippen molar-refractivity contribution in [2.75, 3.05) is 7.05 Å². The van der Waals surface area contributed by atoms with Gasteiger partial charge in [-0.3, -0.25) is 15.1 Å². The van der Waals surface area contributed by atoms with Crippen molar-refractivity contribution in [3.63, 3.8) is 0 Å². The Labute approximate surface area is 101 Å². The largest absolute Gasteiger partial charge is 0.370 e. The molecule has 6 heteroatoms. The first-order valence-corrected chi connectivity index (χ1v) is 3.80. The topological polar surface area (TPSA) is 70.2 Å². The van der Waals surface area contributed by atoms with Crippen molar-refractivity contribution in [1.82, 2.24) is 4.90 Å². The minimum absolute atomic E-state index is 0. The van der Waals surface area contributed by atoms with E-state index in [1.165, 1.54) is 7.05 Å². The van der Waals surface area contributed by atoms with Crippen LogP contribution >= 0.6 is 24.8 Å². The molecule has 1 aromatic rings. The van der Waals surface area contributed by atoms with E-state index in [1.54, 1.807) is 24.3 Å². The normalized spacial score (nSPS) is 8.07. The first-order valence-electron chi connectivity index (χ1n) is 3.80. The molecule has 0 aliphatic carbocycles. The molecule has 0 saturated carbocycles. The molecule has 1 rings (SSSR count). The van der Waals surface area contributed by atoms with Crippen LogP contribution in [0.25, 0.3) is 0 Å². The van der Waals surface area contributed by atoms with Gasteiger partial charge < -0.3 is 5.73 Å². The molecule has 0 aromatic heterocycles. The van der Waals surface area contributed by atoms with Crippen molar-refractivity contribution < 1.29 is 4.79 Å². The van der Waals surface area contributed by atoms with Gasteiger partial charge in [0.15, 0.2) is 5.96 Å². The van der Waals surface area contributed by atoms with Crippen molar-refractivity contribution in [2.45, 2.75) is 0 Å². The maximum Gasteiger partial charge on any atom is 0.260 e. The number of guanidine groups is 1. The van der Waals surface area contributed by atoms with E-state index in [9.17, 15) is 4.79 Å². The monoisotopic (exact) mass is 249 g/mol. The predicted octanol–water partition coefficient (Wildman–Crippen LogP) is 1.50. The van der Waals surface area contributed by atoms with Gasteiger partial charge in [0, 0.05) is 12.6 Å². The lowest BCUT2D eigenvalue weighted by atomic mass is 10.2. The fourth-order valence-corrected chi connectivity index (χ4v) is 0.884. The summed E-state index contributed by atoms with van der Waals surface area (Å²) in [6.45, 7) is 0. The Morgan fingerprint density at radius 1 is 1.27 bits per heavy atom. The zero-order valence-electron chi connectivity index (χ0n) is 8.14. The number of amides is 1. The quantitative estimate of drug-likeness (QED) is 0.585. The number of hydrogen-bond donors (Lipinski definition) is 2. The third kappa shape index (κ3) is 4.18. The highest BCUT2D eigenvalue weighted by atomic mass is 35.5. The number of rotatable bonds is 1. The molecule has 0 aliphatic rings. The van der Waals surface area contributed by atoms with Crippen molar-refractivity contribution in [3.05, 3.63) is 35.9 Å². The maximum atomic E-state index is 11.5. The molecule has 1 aromatic carbocycles. The number of carbonyl (C=O) groups is 1. The number of nitrogens with two attached hydrogens (primary N) is 1. The molecule has 0 fully saturated rings. The highest BCUT2D eigenvalue weighted by molar-refractivity contribution is 6.04. The number of benzene rings is 1. The smallest absolute Gasteiger partial charge is 0.260 e. The average molecular weight is 250 g/mol. The fraction of sp³-hybridized carbons (Fsp3) is 0.111. The predicted molar refractivity (Wildman–Crippen MR) is 64.9 cm³/mol. The Hall–Kier alpha value is -1.26. The summed E-state index contributed by atoms with van der Waals surface area (Å²) in [6.07, 6.45) is 0. The minimum atomic E-state index is -0.270. The number of carbonyl (C=O) groups excluding carboxylic acids is 1. The molecule has 0 aliphatic heterocycles. The van der Waals surface area contributed by atoms with Crippen molar-refractivity contribution in [2.24, 2.45) is 5.73 Å². The second-order valence-electron chi connectivity index (χ2n) is 2.62. The Balaban J connectivity index is 0. The number of hydrogen-bond acceptors (Lipinski definition) is 2. The molecular formula is C9H13Cl2N3O. The number of nitrogens with one attached hydrogen (secondary N) is 1. The van der Waals surface area contributed by atoms with E-state index in [0.717, 1.165) is 4.90 Å². The summed E-state index contributed by atoms with van der Waals surface area (Å²) in [5.74, 6) is -0.526. The van der Waals surface area contributed by atoms with Crippen LogP contribution in [0.5, 0.6) is 0 Å². The van der Waals surface area contributed by atoms with Crippen LogP contribution < -0.4 is 5.73 Å². The summed E-state index contributed by atoms with van der Waals surface area (Å²) in [4.78, 5) is 12.6. The van der Waals surface area contributed by atoms with Crippen LogP contribution in [-0.2, 0) is 0 Å². The molecule has 84 valence electrons. The highest BCUT2D eigenvalue weighted by Crippen LogP contribution is 2.01. The van der Waals surface area contributed by atoms with E-state index in [0.29, 0.717) is 5.56 Å². The fourth-order valence-electron chi connectivity index (χ4n) is 0.884. The van der Waals surface area contributed by atoms with Gasteiger partial charge in [0.25, 0.3) is 5.91 Å². The minimum Gasteiger partial charge on any atom is -0.370 e. The summed E-state index contributed by atoms with van der Waals surface area (Å²) in [7, 11) is 1.47. The van der Waals surface area contributed by atoms with E-state index in [2.05, 4.69) is 0 Å². The zero-order valence-corrected chi connectivity index (χ0v) is 9.77. The molecule has 0 bridgehead atoms. The van der Waals surface area contributed by atoms with Crippen molar-refractivity contribution in [1.29, 1.82) is 5.41 Å². The summed E-state index contributed by atoms with van der Waals surface area (Å²) < 4.78 is 0. The second-order valence-corrected chi connectivity index (χ2v) is 2.62. The molecule has 0 atom stereocenters. The summed E-state index contributed by atoms with van der Waals surface area (Å²) >= 11 is 0. The van der Waals surface area contributed by atoms with Crippen LogP contribution in [0.3, 0.4) is 0 Å². The molecule has 3 N–H and O–H groups in total. The molecule has 15 heavy (non-hydrogen) atoms. The van der Waals surface area contributed by atoms with Crippen LogP contribution in [0.15, 0.2) is 30.3 Å². The third-order valence-corrected chi connectivity index (χ3v) is 1.69. The van der Waals surface area contributed by atoms with Gasteiger partial charge >= 0.3 is 0 Å². The summed E-state index contributed by atoms with van der Waals surface area (Å²) in [5, 5.41) is 7.06. The standard InChI is InChI=1S/C9H11N3O.2ClH/c1-12(9(10)11)8(13)7-5-3-2-4-6-7;;/h2-6H,1H3,(H3,10,11);2*1H. The molecular weight excluding hydrogens is 237 g/mol. The van der Waals surface area contributed by atoms with Gasteiger partial charge in [-0.2, -0.15) is 0 Å². The van der Waals surface area contributed by atoms with E-state index in [1.807, 2.05) is 6.07 Å². The van der Waals surface area contributed by atoms with Crippen molar-refractivity contribution in [3.8, 4) is 0 Å². The van der Waals surface area contributed by atoms with Gasteiger partial charge in [0.2, 0.25) is 0 Å². The average Bonchev–Trinajstić information content (AvgIpc) is 2.17. The van der Waals surface area contributed by atoms with Gasteiger partial charge in [-0.1, -0.05) is 18.2 Å². The van der Waals surface area contributed by atoms with Crippen molar-refractivity contribution >= 4 is 36.7 Å². The Bertz CT molecular complexity index is 329. The molecule has 0 saturated heterocycles. The van der Waals surface area contributed by atoms with Gasteiger partial charge in [0.05, 0.1) is 0 Å². The number of nitrogens with zero attached hydrogens (tertiary/aromatic N) is 1. The lowest BCUT2D eigenvalue weighted by molar-refractivity contribution is 0.0869. The van der Waals surface area contributed by atoms with Gasteiger partial charge in [-0.15, -0.1) is 24.8 Å². The molecule has 0 heterocycles. The SMILES string of the molecule is CN(C(=N)N)C(=O)c1ccccc1.Cl.Cl. The van der Waals surface area contributed by atoms with Crippen LogP contribution in [-0.4, -0.2) is 23.8 Å². The first-order chi connectivity index (χ1) is 6.13. The van der Waals surface area contributed by atoms with Crippen LogP contribution in [0.4, 0.5) is 0 Å². The maximum absolute atomic E-state index is 11.5. The van der Waals surface area contributed by atoms with E-state index >= 15 is 0 Å². The zero-order chi connectivity index (χ0) is 9.84. The third-order valence-electron chi connectivity index (χ3n) is 1.69. The Morgan fingerprint density at radius 3 is 2.13 bits per heavy atom. The molecule has 1 amide bonds. The Morgan fingerprint density at radius 2 is 1.73 bits per heavy atom. The first kappa shape index (κ1) is 16.2. The van der Waals surface area contributed by atoms with Gasteiger partial charge in [0.1, 0.15) is 0 Å². The lowest BCUT2D eigenvalue weighted by Crippen LogP contribution is -2.37. The molecule has 0 radical (unpaired) electrons. The summed E-state index contributed by atoms with van der Waals surface area (Å²) in [5.41, 5.74) is 5.69. The number of halogens is 2. The van der Waals surface area contributed by atoms with Crippen LogP contribution in [0.1, 0.15) is 10.4 Å². The van der Waals surface area contributed by atoms with Gasteiger partial charge in [-0.25, -0.2) is 0 Å². The lowest BCUT2D eigenvalue weighted by Gasteiger charge is -2.13. The molecule has 0 spiro atoms.